The van der Waals surface area contributed by atoms with E-state index in [2.05, 4.69) is 18.0 Å². The average Bonchev–Trinajstić information content (AvgIpc) is 2.55. The normalized spacial score (nSPS) is 22.4. The summed E-state index contributed by atoms with van der Waals surface area (Å²) in [6, 6.07) is 8.15. The molecule has 1 aromatic carbocycles. The first-order chi connectivity index (χ1) is 10.3. The Morgan fingerprint density at radius 2 is 2.14 bits per heavy atom. The SMILES string of the molecule is CCC1CCCC(Oc2c(CN)cnc3ccccc23)C1. The Morgan fingerprint density at radius 3 is 2.95 bits per heavy atom. The smallest absolute Gasteiger partial charge is 0.135 e. The van der Waals surface area contributed by atoms with Crippen molar-refractivity contribution in [2.45, 2.75) is 51.7 Å². The second-order valence-corrected chi connectivity index (χ2v) is 6.01. The van der Waals surface area contributed by atoms with Gasteiger partial charge in [0.25, 0.3) is 0 Å². The van der Waals surface area contributed by atoms with Gasteiger partial charge in [0.1, 0.15) is 5.75 Å². The van der Waals surface area contributed by atoms with Crippen LogP contribution >= 0.6 is 0 Å². The number of rotatable bonds is 4. The summed E-state index contributed by atoms with van der Waals surface area (Å²) >= 11 is 0. The fourth-order valence-corrected chi connectivity index (χ4v) is 3.33. The van der Waals surface area contributed by atoms with Crippen molar-refractivity contribution in [3.05, 3.63) is 36.0 Å². The van der Waals surface area contributed by atoms with Crippen LogP contribution in [0.1, 0.15) is 44.6 Å². The van der Waals surface area contributed by atoms with E-state index >= 15 is 0 Å². The highest BCUT2D eigenvalue weighted by atomic mass is 16.5. The van der Waals surface area contributed by atoms with E-state index in [1.54, 1.807) is 0 Å². The summed E-state index contributed by atoms with van der Waals surface area (Å²) in [5.74, 6) is 1.75. The van der Waals surface area contributed by atoms with Crippen molar-refractivity contribution in [1.82, 2.24) is 4.98 Å². The highest BCUT2D eigenvalue weighted by Gasteiger charge is 2.23. The Bertz CT molecular complexity index is 611. The third kappa shape index (κ3) is 3.03. The molecular formula is C18H24N2O. The maximum atomic E-state index is 6.40. The molecule has 2 aromatic rings. The lowest BCUT2D eigenvalue weighted by Crippen LogP contribution is -2.25. The van der Waals surface area contributed by atoms with E-state index in [0.29, 0.717) is 12.6 Å². The number of aromatic nitrogens is 1. The first-order valence-electron chi connectivity index (χ1n) is 8.05. The van der Waals surface area contributed by atoms with Gasteiger partial charge in [-0.2, -0.15) is 0 Å². The van der Waals surface area contributed by atoms with Gasteiger partial charge in [-0.15, -0.1) is 0 Å². The molecule has 1 heterocycles. The number of fused-ring (bicyclic) bond motifs is 1. The van der Waals surface area contributed by atoms with Crippen molar-refractivity contribution in [2.24, 2.45) is 11.7 Å². The number of nitrogens with zero attached hydrogens (tertiary/aromatic N) is 1. The van der Waals surface area contributed by atoms with Crippen molar-refractivity contribution in [2.75, 3.05) is 0 Å². The van der Waals surface area contributed by atoms with Crippen LogP contribution in [0.15, 0.2) is 30.5 Å². The van der Waals surface area contributed by atoms with Crippen LogP contribution in [-0.2, 0) is 6.54 Å². The number of ether oxygens (including phenoxy) is 1. The number of benzene rings is 1. The van der Waals surface area contributed by atoms with Crippen molar-refractivity contribution in [3.63, 3.8) is 0 Å². The van der Waals surface area contributed by atoms with Gasteiger partial charge in [-0.3, -0.25) is 4.98 Å². The highest BCUT2D eigenvalue weighted by Crippen LogP contribution is 2.34. The number of pyridine rings is 1. The molecule has 1 aliphatic carbocycles. The van der Waals surface area contributed by atoms with Gasteiger partial charge < -0.3 is 10.5 Å². The number of hydrogen-bond donors (Lipinski definition) is 1. The van der Waals surface area contributed by atoms with Crippen molar-refractivity contribution < 1.29 is 4.74 Å². The molecular weight excluding hydrogens is 260 g/mol. The van der Waals surface area contributed by atoms with E-state index in [-0.39, 0.29) is 0 Å². The Kier molecular flexibility index (Phi) is 4.39. The summed E-state index contributed by atoms with van der Waals surface area (Å²) < 4.78 is 6.40. The van der Waals surface area contributed by atoms with Gasteiger partial charge in [0, 0.05) is 23.7 Å². The lowest BCUT2D eigenvalue weighted by molar-refractivity contribution is 0.122. The van der Waals surface area contributed by atoms with Crippen molar-refractivity contribution >= 4 is 10.9 Å². The van der Waals surface area contributed by atoms with Crippen LogP contribution in [0.5, 0.6) is 5.75 Å². The molecule has 2 unspecified atom stereocenters. The van der Waals surface area contributed by atoms with Crippen LogP contribution in [0, 0.1) is 5.92 Å². The van der Waals surface area contributed by atoms with Gasteiger partial charge in [0.05, 0.1) is 11.6 Å². The number of para-hydroxylation sites is 1. The molecule has 2 atom stereocenters. The lowest BCUT2D eigenvalue weighted by Gasteiger charge is -2.30. The molecule has 21 heavy (non-hydrogen) atoms. The van der Waals surface area contributed by atoms with Gasteiger partial charge in [0.2, 0.25) is 0 Å². The molecule has 1 aromatic heterocycles. The number of nitrogens with two attached hydrogens (primary N) is 1. The molecule has 3 heteroatoms. The summed E-state index contributed by atoms with van der Waals surface area (Å²) in [7, 11) is 0. The molecule has 0 saturated heterocycles. The third-order valence-electron chi connectivity index (χ3n) is 4.62. The molecule has 0 amide bonds. The predicted molar refractivity (Wildman–Crippen MR) is 86.3 cm³/mol. The Labute approximate surface area is 126 Å². The molecule has 0 radical (unpaired) electrons. The van der Waals surface area contributed by atoms with Crippen LogP contribution < -0.4 is 10.5 Å². The molecule has 112 valence electrons. The quantitative estimate of drug-likeness (QED) is 0.921. The van der Waals surface area contributed by atoms with Crippen LogP contribution in [0.3, 0.4) is 0 Å². The Morgan fingerprint density at radius 1 is 1.29 bits per heavy atom. The predicted octanol–water partition coefficient (Wildman–Crippen LogP) is 4.04. The van der Waals surface area contributed by atoms with Crippen LogP contribution in [0.4, 0.5) is 0 Å². The summed E-state index contributed by atoms with van der Waals surface area (Å²) in [6.07, 6.45) is 8.36. The summed E-state index contributed by atoms with van der Waals surface area (Å²) in [4.78, 5) is 4.48. The minimum absolute atomic E-state index is 0.319. The summed E-state index contributed by atoms with van der Waals surface area (Å²) in [6.45, 7) is 2.75. The molecule has 1 saturated carbocycles. The van der Waals surface area contributed by atoms with Crippen LogP contribution in [0.2, 0.25) is 0 Å². The standard InChI is InChI=1S/C18H24N2O/c1-2-13-6-5-7-15(10-13)21-18-14(11-19)12-20-17-9-4-3-8-16(17)18/h3-4,8-9,12-13,15H,2,5-7,10-11,19H2,1H3. The van der Waals surface area contributed by atoms with Gasteiger partial charge >= 0.3 is 0 Å². The Balaban J connectivity index is 1.91. The second kappa shape index (κ2) is 6.44. The largest absolute Gasteiger partial charge is 0.489 e. The van der Waals surface area contributed by atoms with E-state index in [1.807, 2.05) is 24.4 Å². The fraction of sp³-hybridized carbons (Fsp3) is 0.500. The average molecular weight is 284 g/mol. The Hall–Kier alpha value is -1.61. The third-order valence-corrected chi connectivity index (χ3v) is 4.62. The molecule has 0 aliphatic heterocycles. The van der Waals surface area contributed by atoms with Crippen molar-refractivity contribution in [3.8, 4) is 5.75 Å². The maximum absolute atomic E-state index is 6.40. The summed E-state index contributed by atoms with van der Waals surface area (Å²) in [5.41, 5.74) is 7.87. The second-order valence-electron chi connectivity index (χ2n) is 6.01. The van der Waals surface area contributed by atoms with E-state index in [1.165, 1.54) is 19.3 Å². The first-order valence-corrected chi connectivity index (χ1v) is 8.05. The topological polar surface area (TPSA) is 48.1 Å². The van der Waals surface area contributed by atoms with Gasteiger partial charge in [0.15, 0.2) is 0 Å². The van der Waals surface area contributed by atoms with Gasteiger partial charge in [-0.1, -0.05) is 31.9 Å². The molecule has 3 rings (SSSR count). The molecule has 1 aliphatic rings. The van der Waals surface area contributed by atoms with E-state index in [9.17, 15) is 0 Å². The van der Waals surface area contributed by atoms with E-state index in [4.69, 9.17) is 10.5 Å². The lowest BCUT2D eigenvalue weighted by atomic mass is 9.85. The zero-order valence-corrected chi connectivity index (χ0v) is 12.7. The molecule has 0 spiro atoms. The molecule has 2 N–H and O–H groups in total. The van der Waals surface area contributed by atoms with Gasteiger partial charge in [-0.05, 0) is 37.3 Å². The van der Waals surface area contributed by atoms with E-state index < -0.39 is 0 Å². The monoisotopic (exact) mass is 284 g/mol. The first kappa shape index (κ1) is 14.3. The molecule has 0 bridgehead atoms. The summed E-state index contributed by atoms with van der Waals surface area (Å²) in [5, 5.41) is 1.08. The maximum Gasteiger partial charge on any atom is 0.135 e. The zero-order valence-electron chi connectivity index (χ0n) is 12.7. The number of hydrogen-bond acceptors (Lipinski definition) is 3. The van der Waals surface area contributed by atoms with Crippen molar-refractivity contribution in [1.29, 1.82) is 0 Å². The highest BCUT2D eigenvalue weighted by molar-refractivity contribution is 5.86. The minimum Gasteiger partial charge on any atom is -0.489 e. The minimum atomic E-state index is 0.319. The van der Waals surface area contributed by atoms with Gasteiger partial charge in [-0.25, -0.2) is 0 Å². The van der Waals surface area contributed by atoms with Crippen LogP contribution in [0.25, 0.3) is 10.9 Å². The molecule has 1 fully saturated rings. The van der Waals surface area contributed by atoms with E-state index in [0.717, 1.165) is 41.0 Å². The molecule has 3 nitrogen and oxygen atoms in total. The van der Waals surface area contributed by atoms with Crippen LogP contribution in [-0.4, -0.2) is 11.1 Å². The fourth-order valence-electron chi connectivity index (χ4n) is 3.33. The zero-order chi connectivity index (χ0) is 14.7.